The molecule has 0 spiro atoms. The third-order valence-electron chi connectivity index (χ3n) is 4.35. The lowest BCUT2D eigenvalue weighted by atomic mass is 10.1. The average molecular weight is 359 g/mol. The zero-order valence-corrected chi connectivity index (χ0v) is 14.7. The van der Waals surface area contributed by atoms with Crippen LogP contribution >= 0.6 is 0 Å². The first-order valence-corrected chi connectivity index (χ1v) is 8.70. The fraction of sp³-hybridized carbons (Fsp3) is 0.421. The number of amides is 1. The van der Waals surface area contributed by atoms with Crippen molar-refractivity contribution in [1.82, 2.24) is 14.7 Å². The number of halogens is 1. The summed E-state index contributed by atoms with van der Waals surface area (Å²) in [5.41, 5.74) is 1.03. The molecule has 1 amide bonds. The van der Waals surface area contributed by atoms with Crippen LogP contribution < -0.4 is 5.56 Å². The topological polar surface area (TPSA) is 64.4 Å². The summed E-state index contributed by atoms with van der Waals surface area (Å²) in [6.07, 6.45) is 1.82. The number of hydrogen-bond acceptors (Lipinski definition) is 4. The molecule has 3 rings (SSSR count). The lowest BCUT2D eigenvalue weighted by Crippen LogP contribution is -2.41. The predicted molar refractivity (Wildman–Crippen MR) is 94.0 cm³/mol. The molecule has 1 fully saturated rings. The number of aryl methyl sites for hydroxylation is 1. The Morgan fingerprint density at radius 1 is 1.38 bits per heavy atom. The Labute approximate surface area is 151 Å². The van der Waals surface area contributed by atoms with E-state index in [1.165, 1.54) is 18.2 Å². The van der Waals surface area contributed by atoms with Gasteiger partial charge in [0.05, 0.1) is 11.8 Å². The Bertz CT molecular complexity index is 831. The molecule has 1 aromatic heterocycles. The van der Waals surface area contributed by atoms with Crippen LogP contribution in [0.25, 0.3) is 0 Å². The van der Waals surface area contributed by atoms with E-state index in [9.17, 15) is 14.0 Å². The van der Waals surface area contributed by atoms with E-state index < -0.39 is 0 Å². The number of carbonyl (C=O) groups is 1. The summed E-state index contributed by atoms with van der Waals surface area (Å²) in [5.74, 6) is -0.589. The molecule has 1 aliphatic heterocycles. The van der Waals surface area contributed by atoms with E-state index in [4.69, 9.17) is 4.74 Å². The maximum Gasteiger partial charge on any atom is 0.267 e. The van der Waals surface area contributed by atoms with Gasteiger partial charge in [-0.15, -0.1) is 0 Å². The average Bonchev–Trinajstić information content (AvgIpc) is 3.11. The first kappa shape index (κ1) is 18.3. The summed E-state index contributed by atoms with van der Waals surface area (Å²) in [5, 5.41) is 4.11. The number of nitrogens with zero attached hydrogens (tertiary/aromatic N) is 3. The maximum absolute atomic E-state index is 13.5. The largest absolute Gasteiger partial charge is 0.376 e. The predicted octanol–water partition coefficient (Wildman–Crippen LogP) is 1.90. The Balaban J connectivity index is 1.77. The van der Waals surface area contributed by atoms with Crippen molar-refractivity contribution in [3.8, 4) is 0 Å². The molecule has 1 atom stereocenters. The van der Waals surface area contributed by atoms with Gasteiger partial charge in [-0.2, -0.15) is 5.10 Å². The highest BCUT2D eigenvalue weighted by Gasteiger charge is 2.23. The highest BCUT2D eigenvalue weighted by molar-refractivity contribution is 5.76. The van der Waals surface area contributed by atoms with Crippen LogP contribution in [0.2, 0.25) is 0 Å². The molecular formula is C19H22FN3O3. The van der Waals surface area contributed by atoms with Crippen molar-refractivity contribution in [3.63, 3.8) is 0 Å². The number of ether oxygens (including phenoxy) is 1. The second kappa shape index (κ2) is 8.23. The molecule has 0 bridgehead atoms. The lowest BCUT2D eigenvalue weighted by molar-refractivity contribution is -0.134. The van der Waals surface area contributed by atoms with E-state index in [1.54, 1.807) is 30.0 Å². The zero-order valence-electron chi connectivity index (χ0n) is 14.7. The fourth-order valence-corrected chi connectivity index (χ4v) is 3.04. The minimum Gasteiger partial charge on any atom is -0.376 e. The van der Waals surface area contributed by atoms with Crippen LogP contribution in [0.15, 0.2) is 41.2 Å². The quantitative estimate of drug-likeness (QED) is 0.790. The van der Waals surface area contributed by atoms with Crippen LogP contribution in [-0.4, -0.2) is 39.8 Å². The number of rotatable bonds is 6. The molecule has 0 N–H and O–H groups in total. The number of aromatic nitrogens is 2. The molecule has 1 unspecified atom stereocenters. The van der Waals surface area contributed by atoms with Gasteiger partial charge in [-0.25, -0.2) is 9.07 Å². The van der Waals surface area contributed by atoms with Crippen LogP contribution in [-0.2, 0) is 22.6 Å². The second-order valence-electron chi connectivity index (χ2n) is 6.51. The van der Waals surface area contributed by atoms with Gasteiger partial charge >= 0.3 is 0 Å². The maximum atomic E-state index is 13.5. The first-order valence-electron chi connectivity index (χ1n) is 8.70. The standard InChI is InChI=1S/C19H22FN3O3/c1-14-7-8-18(24)23(21-14)13-19(25)22(12-17-6-3-9-26-17)11-15-4-2-5-16(20)10-15/h2,4-5,7-8,10,17H,3,6,9,11-13H2,1H3. The molecule has 7 heteroatoms. The van der Waals surface area contributed by atoms with Gasteiger partial charge in [-0.3, -0.25) is 9.59 Å². The van der Waals surface area contributed by atoms with Crippen molar-refractivity contribution in [3.05, 3.63) is 63.8 Å². The molecule has 2 heterocycles. The van der Waals surface area contributed by atoms with E-state index in [-0.39, 0.29) is 36.5 Å². The molecule has 0 aliphatic carbocycles. The Kier molecular flexibility index (Phi) is 5.78. The van der Waals surface area contributed by atoms with Gasteiger partial charge in [0.1, 0.15) is 12.4 Å². The van der Waals surface area contributed by atoms with Gasteiger partial charge in [-0.1, -0.05) is 12.1 Å². The van der Waals surface area contributed by atoms with Crippen LogP contribution in [0.3, 0.4) is 0 Å². The molecule has 1 aromatic carbocycles. The third-order valence-corrected chi connectivity index (χ3v) is 4.35. The van der Waals surface area contributed by atoms with Crippen molar-refractivity contribution < 1.29 is 13.9 Å². The van der Waals surface area contributed by atoms with Crippen LogP contribution in [0.1, 0.15) is 24.1 Å². The summed E-state index contributed by atoms with van der Waals surface area (Å²) in [7, 11) is 0. The fourth-order valence-electron chi connectivity index (χ4n) is 3.04. The van der Waals surface area contributed by atoms with Gasteiger partial charge < -0.3 is 9.64 Å². The number of benzene rings is 1. The molecule has 138 valence electrons. The van der Waals surface area contributed by atoms with Gasteiger partial charge in [0.2, 0.25) is 5.91 Å². The Morgan fingerprint density at radius 3 is 2.96 bits per heavy atom. The molecule has 0 radical (unpaired) electrons. The summed E-state index contributed by atoms with van der Waals surface area (Å²) in [6, 6.07) is 9.17. The molecular weight excluding hydrogens is 337 g/mol. The molecule has 1 saturated heterocycles. The summed E-state index contributed by atoms with van der Waals surface area (Å²) in [4.78, 5) is 26.4. The lowest BCUT2D eigenvalue weighted by Gasteiger charge is -2.26. The highest BCUT2D eigenvalue weighted by atomic mass is 19.1. The van der Waals surface area contributed by atoms with E-state index >= 15 is 0 Å². The monoisotopic (exact) mass is 359 g/mol. The molecule has 6 nitrogen and oxygen atoms in total. The normalized spacial score (nSPS) is 16.6. The second-order valence-corrected chi connectivity index (χ2v) is 6.51. The Hall–Kier alpha value is -2.54. The van der Waals surface area contributed by atoms with Gasteiger partial charge in [-0.05, 0) is 43.5 Å². The van der Waals surface area contributed by atoms with E-state index in [0.29, 0.717) is 24.4 Å². The van der Waals surface area contributed by atoms with Gasteiger partial charge in [0, 0.05) is 25.8 Å². The number of carbonyl (C=O) groups excluding carboxylic acids is 1. The van der Waals surface area contributed by atoms with Crippen LogP contribution in [0, 0.1) is 12.7 Å². The van der Waals surface area contributed by atoms with Crippen molar-refractivity contribution >= 4 is 5.91 Å². The molecule has 26 heavy (non-hydrogen) atoms. The van der Waals surface area contributed by atoms with Crippen molar-refractivity contribution in [2.45, 2.75) is 39.0 Å². The van der Waals surface area contributed by atoms with Crippen LogP contribution in [0.5, 0.6) is 0 Å². The van der Waals surface area contributed by atoms with E-state index in [0.717, 1.165) is 17.5 Å². The summed E-state index contributed by atoms with van der Waals surface area (Å²) < 4.78 is 20.3. The molecule has 0 saturated carbocycles. The minimum atomic E-state index is -0.344. The van der Waals surface area contributed by atoms with Gasteiger partial charge in [0.15, 0.2) is 0 Å². The van der Waals surface area contributed by atoms with Crippen molar-refractivity contribution in [2.24, 2.45) is 0 Å². The molecule has 1 aliphatic rings. The minimum absolute atomic E-state index is 0.0327. The number of hydrogen-bond donors (Lipinski definition) is 0. The van der Waals surface area contributed by atoms with Crippen molar-refractivity contribution in [2.75, 3.05) is 13.2 Å². The van der Waals surface area contributed by atoms with Crippen molar-refractivity contribution in [1.29, 1.82) is 0 Å². The van der Waals surface area contributed by atoms with Gasteiger partial charge in [0.25, 0.3) is 5.56 Å². The SMILES string of the molecule is Cc1ccc(=O)n(CC(=O)N(Cc2cccc(F)c2)CC2CCCO2)n1. The third kappa shape index (κ3) is 4.76. The highest BCUT2D eigenvalue weighted by Crippen LogP contribution is 2.16. The van der Waals surface area contributed by atoms with E-state index in [1.807, 2.05) is 0 Å². The van der Waals surface area contributed by atoms with E-state index in [2.05, 4.69) is 5.10 Å². The van der Waals surface area contributed by atoms with Crippen LogP contribution in [0.4, 0.5) is 4.39 Å². The summed E-state index contributed by atoms with van der Waals surface area (Å²) in [6.45, 7) is 2.97. The zero-order chi connectivity index (χ0) is 18.5. The molecule has 2 aromatic rings. The smallest absolute Gasteiger partial charge is 0.267 e. The first-order chi connectivity index (χ1) is 12.5. The summed E-state index contributed by atoms with van der Waals surface area (Å²) >= 11 is 0. The Morgan fingerprint density at radius 2 is 2.23 bits per heavy atom.